The second-order valence-corrected chi connectivity index (χ2v) is 3.62. The van der Waals surface area contributed by atoms with Crippen molar-refractivity contribution < 1.29 is 9.90 Å². The van der Waals surface area contributed by atoms with Crippen LogP contribution in [0.5, 0.6) is 0 Å². The molecule has 0 heterocycles. The third-order valence-corrected chi connectivity index (χ3v) is 2.23. The van der Waals surface area contributed by atoms with Gasteiger partial charge in [-0.25, -0.2) is 0 Å². The first-order valence-electron chi connectivity index (χ1n) is 5.45. The average molecular weight is 216 g/mol. The van der Waals surface area contributed by atoms with Crippen LogP contribution in [-0.2, 0) is 0 Å². The molecule has 0 aliphatic heterocycles. The second-order valence-electron chi connectivity index (χ2n) is 3.62. The predicted octanol–water partition coefficient (Wildman–Crippen LogP) is 2.40. The van der Waals surface area contributed by atoms with E-state index in [0.29, 0.717) is 5.56 Å². The van der Waals surface area contributed by atoms with Crippen LogP contribution in [0.2, 0.25) is 0 Å². The average Bonchev–Trinajstić information content (AvgIpc) is 2.29. The molecule has 84 valence electrons. The molecule has 0 aliphatic rings. The van der Waals surface area contributed by atoms with Crippen molar-refractivity contribution in [1.82, 2.24) is 0 Å². The summed E-state index contributed by atoms with van der Waals surface area (Å²) in [7, 11) is 0. The number of aliphatic hydroxyl groups is 1. The number of hydrogen-bond acceptors (Lipinski definition) is 2. The van der Waals surface area contributed by atoms with Gasteiger partial charge < -0.3 is 5.11 Å². The number of aliphatic hydroxyl groups excluding tert-OH is 1. The van der Waals surface area contributed by atoms with Gasteiger partial charge in [0, 0.05) is 24.2 Å². The zero-order valence-corrected chi connectivity index (χ0v) is 9.49. The first-order valence-corrected chi connectivity index (χ1v) is 5.45. The topological polar surface area (TPSA) is 37.3 Å². The lowest BCUT2D eigenvalue weighted by Crippen LogP contribution is -1.90. The number of Topliss-reactive ketones (excluding diaryl/α,β-unsaturated/α-hetero) is 1. The van der Waals surface area contributed by atoms with Crippen molar-refractivity contribution in [2.75, 3.05) is 6.61 Å². The zero-order valence-electron chi connectivity index (χ0n) is 9.49. The van der Waals surface area contributed by atoms with Crippen LogP contribution >= 0.6 is 0 Å². The van der Waals surface area contributed by atoms with Gasteiger partial charge in [-0.3, -0.25) is 4.79 Å². The SMILES string of the molecule is CC(=O)c1ccc(C#CCCCCO)cc1. The summed E-state index contributed by atoms with van der Waals surface area (Å²) >= 11 is 0. The maximum absolute atomic E-state index is 11.0. The highest BCUT2D eigenvalue weighted by Gasteiger charge is 1.96. The van der Waals surface area contributed by atoms with Crippen LogP contribution in [0.25, 0.3) is 0 Å². The van der Waals surface area contributed by atoms with Crippen LogP contribution in [0.1, 0.15) is 42.1 Å². The number of ketones is 1. The molecule has 1 aromatic carbocycles. The Labute approximate surface area is 96.3 Å². The molecule has 0 saturated carbocycles. The molecule has 0 bridgehead atoms. The Hall–Kier alpha value is -1.59. The van der Waals surface area contributed by atoms with Gasteiger partial charge in [-0.2, -0.15) is 0 Å². The second kappa shape index (κ2) is 6.81. The fourth-order valence-electron chi connectivity index (χ4n) is 1.28. The highest BCUT2D eigenvalue weighted by molar-refractivity contribution is 5.94. The van der Waals surface area contributed by atoms with Crippen LogP contribution in [0.4, 0.5) is 0 Å². The molecule has 0 amide bonds. The first kappa shape index (κ1) is 12.5. The highest BCUT2D eigenvalue weighted by Crippen LogP contribution is 2.04. The summed E-state index contributed by atoms with van der Waals surface area (Å²) < 4.78 is 0. The van der Waals surface area contributed by atoms with Crippen molar-refractivity contribution in [3.8, 4) is 11.8 Å². The van der Waals surface area contributed by atoms with E-state index in [9.17, 15) is 4.79 Å². The first-order chi connectivity index (χ1) is 7.74. The minimum atomic E-state index is 0.0717. The van der Waals surface area contributed by atoms with Crippen LogP contribution in [0, 0.1) is 11.8 Å². The number of unbranched alkanes of at least 4 members (excludes halogenated alkanes) is 2. The maximum atomic E-state index is 11.0. The molecule has 0 aromatic heterocycles. The van der Waals surface area contributed by atoms with Crippen molar-refractivity contribution in [2.45, 2.75) is 26.2 Å². The molecule has 0 spiro atoms. The lowest BCUT2D eigenvalue weighted by molar-refractivity contribution is 0.101. The molecule has 0 unspecified atom stereocenters. The molecule has 2 heteroatoms. The van der Waals surface area contributed by atoms with Crippen molar-refractivity contribution in [3.63, 3.8) is 0 Å². The molecule has 1 aromatic rings. The molecular weight excluding hydrogens is 200 g/mol. The van der Waals surface area contributed by atoms with Gasteiger partial charge in [0.05, 0.1) is 0 Å². The smallest absolute Gasteiger partial charge is 0.159 e. The molecule has 16 heavy (non-hydrogen) atoms. The summed E-state index contributed by atoms with van der Waals surface area (Å²) in [6.45, 7) is 1.78. The quantitative estimate of drug-likeness (QED) is 0.476. The molecular formula is C14H16O2. The van der Waals surface area contributed by atoms with E-state index in [2.05, 4.69) is 11.8 Å². The minimum absolute atomic E-state index is 0.0717. The Morgan fingerprint density at radius 2 is 1.94 bits per heavy atom. The van der Waals surface area contributed by atoms with Gasteiger partial charge >= 0.3 is 0 Å². The third kappa shape index (κ3) is 4.29. The molecule has 1 N–H and O–H groups in total. The highest BCUT2D eigenvalue weighted by atomic mass is 16.2. The molecule has 1 rings (SSSR count). The predicted molar refractivity (Wildman–Crippen MR) is 64.3 cm³/mol. The summed E-state index contributed by atoms with van der Waals surface area (Å²) in [5, 5.41) is 8.59. The Kier molecular flexibility index (Phi) is 5.31. The Morgan fingerprint density at radius 1 is 1.25 bits per heavy atom. The van der Waals surface area contributed by atoms with Crippen LogP contribution in [0.3, 0.4) is 0 Å². The van der Waals surface area contributed by atoms with Gasteiger partial charge in [0.15, 0.2) is 5.78 Å². The van der Waals surface area contributed by atoms with Crippen molar-refractivity contribution in [2.24, 2.45) is 0 Å². The normalized spacial score (nSPS) is 9.38. The monoisotopic (exact) mass is 216 g/mol. The Balaban J connectivity index is 2.51. The molecule has 0 saturated heterocycles. The van der Waals surface area contributed by atoms with E-state index in [-0.39, 0.29) is 12.4 Å². The fourth-order valence-corrected chi connectivity index (χ4v) is 1.28. The Morgan fingerprint density at radius 3 is 2.50 bits per heavy atom. The van der Waals surface area contributed by atoms with Crippen molar-refractivity contribution in [1.29, 1.82) is 0 Å². The number of carbonyl (C=O) groups excluding carboxylic acids is 1. The van der Waals surface area contributed by atoms with Crippen LogP contribution < -0.4 is 0 Å². The zero-order chi connectivity index (χ0) is 11.8. The molecule has 2 nitrogen and oxygen atoms in total. The van der Waals surface area contributed by atoms with Crippen LogP contribution in [-0.4, -0.2) is 17.5 Å². The van der Waals surface area contributed by atoms with Gasteiger partial charge in [0.1, 0.15) is 0 Å². The van der Waals surface area contributed by atoms with Gasteiger partial charge in [-0.1, -0.05) is 24.0 Å². The number of carbonyl (C=O) groups is 1. The van der Waals surface area contributed by atoms with Gasteiger partial charge in [0.2, 0.25) is 0 Å². The van der Waals surface area contributed by atoms with E-state index in [1.165, 1.54) is 0 Å². The van der Waals surface area contributed by atoms with Gasteiger partial charge in [0.25, 0.3) is 0 Å². The number of hydrogen-bond donors (Lipinski definition) is 1. The lowest BCUT2D eigenvalue weighted by Gasteiger charge is -1.94. The molecule has 0 atom stereocenters. The van der Waals surface area contributed by atoms with Gasteiger partial charge in [-0.05, 0) is 31.9 Å². The summed E-state index contributed by atoms with van der Waals surface area (Å²) in [6, 6.07) is 7.30. The summed E-state index contributed by atoms with van der Waals surface area (Å²) in [5.41, 5.74) is 1.64. The standard InChI is InChI=1S/C14H16O2/c1-12(16)14-9-7-13(8-10-14)6-4-2-3-5-11-15/h7-10,15H,2-3,5,11H2,1H3. The Bertz CT molecular complexity index is 393. The largest absolute Gasteiger partial charge is 0.396 e. The summed E-state index contributed by atoms with van der Waals surface area (Å²) in [6.07, 6.45) is 2.53. The minimum Gasteiger partial charge on any atom is -0.396 e. The van der Waals surface area contributed by atoms with E-state index in [1.807, 2.05) is 12.1 Å². The lowest BCUT2D eigenvalue weighted by atomic mass is 10.1. The molecule has 0 aliphatic carbocycles. The van der Waals surface area contributed by atoms with E-state index in [0.717, 1.165) is 24.8 Å². The van der Waals surface area contributed by atoms with E-state index in [1.54, 1.807) is 19.1 Å². The van der Waals surface area contributed by atoms with E-state index < -0.39 is 0 Å². The summed E-state index contributed by atoms with van der Waals surface area (Å²) in [4.78, 5) is 11.0. The summed E-state index contributed by atoms with van der Waals surface area (Å²) in [5.74, 6) is 6.14. The van der Waals surface area contributed by atoms with Crippen molar-refractivity contribution in [3.05, 3.63) is 35.4 Å². The number of benzene rings is 1. The van der Waals surface area contributed by atoms with Crippen molar-refractivity contribution >= 4 is 5.78 Å². The molecule has 0 radical (unpaired) electrons. The van der Waals surface area contributed by atoms with Crippen LogP contribution in [0.15, 0.2) is 24.3 Å². The maximum Gasteiger partial charge on any atom is 0.159 e. The molecule has 0 fully saturated rings. The number of rotatable bonds is 4. The van der Waals surface area contributed by atoms with Gasteiger partial charge in [-0.15, -0.1) is 0 Å². The van der Waals surface area contributed by atoms with E-state index in [4.69, 9.17) is 5.11 Å². The van der Waals surface area contributed by atoms with E-state index >= 15 is 0 Å². The third-order valence-electron chi connectivity index (χ3n) is 2.23. The fraction of sp³-hybridized carbons (Fsp3) is 0.357.